The molecule has 0 radical (unpaired) electrons. The Morgan fingerprint density at radius 2 is 1.93 bits per heavy atom. The molecule has 9 heteroatoms. The minimum atomic E-state index is -3.12. The van der Waals surface area contributed by atoms with E-state index in [1.807, 2.05) is 30.3 Å². The Labute approximate surface area is 158 Å². The summed E-state index contributed by atoms with van der Waals surface area (Å²) in [6.45, 7) is -3.12. The smallest absolute Gasteiger partial charge is 0.387 e. The van der Waals surface area contributed by atoms with Gasteiger partial charge in [0.1, 0.15) is 0 Å². The molecule has 0 aliphatic heterocycles. The maximum Gasteiger partial charge on any atom is 0.387 e. The highest BCUT2D eigenvalue weighted by Crippen LogP contribution is 2.23. The second kappa shape index (κ2) is 9.03. The van der Waals surface area contributed by atoms with Gasteiger partial charge in [0.15, 0.2) is 11.6 Å². The van der Waals surface area contributed by atoms with Crippen molar-refractivity contribution >= 4 is 11.6 Å². The standard InChI is InChI=1S/C19H16F3N3O3/c20-14-11-13(9-10-15(14)27-19(21)22)23-16(26)7-4-8-17-24-25-18(28-17)12-5-2-1-3-6-12/h1-3,5-6,9-11,19H,4,7-8H2,(H,23,26). The van der Waals surface area contributed by atoms with Gasteiger partial charge in [0.2, 0.25) is 17.7 Å². The molecule has 28 heavy (non-hydrogen) atoms. The SMILES string of the molecule is O=C(CCCc1nnc(-c2ccccc2)o1)Nc1ccc(OC(F)F)c(F)c1. The fourth-order valence-corrected chi connectivity index (χ4v) is 2.45. The van der Waals surface area contributed by atoms with E-state index in [1.165, 1.54) is 6.07 Å². The first-order chi connectivity index (χ1) is 13.5. The zero-order valence-corrected chi connectivity index (χ0v) is 14.6. The van der Waals surface area contributed by atoms with Gasteiger partial charge in [-0.25, -0.2) is 4.39 Å². The van der Waals surface area contributed by atoms with Crippen LogP contribution in [0.3, 0.4) is 0 Å². The lowest BCUT2D eigenvalue weighted by molar-refractivity contribution is -0.116. The third kappa shape index (κ3) is 5.32. The zero-order valence-electron chi connectivity index (χ0n) is 14.6. The summed E-state index contributed by atoms with van der Waals surface area (Å²) in [5.74, 6) is -1.12. The van der Waals surface area contributed by atoms with Crippen LogP contribution in [0.15, 0.2) is 52.9 Å². The molecular formula is C19H16F3N3O3. The maximum atomic E-state index is 13.6. The van der Waals surface area contributed by atoms with Crippen molar-refractivity contribution in [2.75, 3.05) is 5.32 Å². The Morgan fingerprint density at radius 3 is 2.64 bits per heavy atom. The first-order valence-corrected chi connectivity index (χ1v) is 8.43. The number of nitrogens with zero attached hydrogens (tertiary/aromatic N) is 2. The van der Waals surface area contributed by atoms with Crippen molar-refractivity contribution in [3.8, 4) is 17.2 Å². The number of anilines is 1. The molecule has 1 heterocycles. The van der Waals surface area contributed by atoms with Gasteiger partial charge in [-0.3, -0.25) is 4.79 Å². The number of halogens is 3. The van der Waals surface area contributed by atoms with E-state index >= 15 is 0 Å². The number of carbonyl (C=O) groups is 1. The fourth-order valence-electron chi connectivity index (χ4n) is 2.45. The quantitative estimate of drug-likeness (QED) is 0.614. The van der Waals surface area contributed by atoms with Crippen LogP contribution in [-0.2, 0) is 11.2 Å². The monoisotopic (exact) mass is 391 g/mol. The van der Waals surface area contributed by atoms with Crippen LogP contribution in [0.2, 0.25) is 0 Å². The summed E-state index contributed by atoms with van der Waals surface area (Å²) in [5.41, 5.74) is 0.952. The van der Waals surface area contributed by atoms with E-state index < -0.39 is 18.2 Å². The summed E-state index contributed by atoms with van der Waals surface area (Å²) in [7, 11) is 0. The topological polar surface area (TPSA) is 77.2 Å². The molecule has 0 aliphatic rings. The van der Waals surface area contributed by atoms with Gasteiger partial charge in [-0.15, -0.1) is 10.2 Å². The molecule has 0 aliphatic carbocycles. The Balaban J connectivity index is 1.47. The average molecular weight is 391 g/mol. The second-order valence-electron chi connectivity index (χ2n) is 5.79. The molecular weight excluding hydrogens is 375 g/mol. The van der Waals surface area contributed by atoms with Crippen LogP contribution in [0.1, 0.15) is 18.7 Å². The number of nitrogens with one attached hydrogen (secondary N) is 1. The van der Waals surface area contributed by atoms with Gasteiger partial charge in [0, 0.05) is 30.2 Å². The molecule has 0 atom stereocenters. The summed E-state index contributed by atoms with van der Waals surface area (Å²) >= 11 is 0. The summed E-state index contributed by atoms with van der Waals surface area (Å²) in [6, 6.07) is 12.5. The van der Waals surface area contributed by atoms with Crippen molar-refractivity contribution in [1.29, 1.82) is 0 Å². The van der Waals surface area contributed by atoms with Crippen molar-refractivity contribution in [1.82, 2.24) is 10.2 Å². The maximum absolute atomic E-state index is 13.6. The molecule has 1 aromatic heterocycles. The number of ether oxygens (including phenoxy) is 1. The van der Waals surface area contributed by atoms with E-state index in [-0.39, 0.29) is 18.0 Å². The molecule has 3 rings (SSSR count). The Kier molecular flexibility index (Phi) is 6.25. The highest BCUT2D eigenvalue weighted by Gasteiger charge is 2.12. The number of carbonyl (C=O) groups excluding carboxylic acids is 1. The molecule has 1 amide bonds. The molecule has 6 nitrogen and oxygen atoms in total. The summed E-state index contributed by atoms with van der Waals surface area (Å²) in [6.07, 6.45) is 0.986. The number of aryl methyl sites for hydroxylation is 1. The van der Waals surface area contributed by atoms with E-state index in [9.17, 15) is 18.0 Å². The molecule has 0 saturated carbocycles. The third-order valence-corrected chi connectivity index (χ3v) is 3.71. The molecule has 0 unspecified atom stereocenters. The Morgan fingerprint density at radius 1 is 1.14 bits per heavy atom. The molecule has 3 aromatic rings. The van der Waals surface area contributed by atoms with Crippen molar-refractivity contribution in [2.45, 2.75) is 25.9 Å². The number of hydrogen-bond donors (Lipinski definition) is 1. The van der Waals surface area contributed by atoms with Gasteiger partial charge in [-0.05, 0) is 30.7 Å². The van der Waals surface area contributed by atoms with E-state index in [0.29, 0.717) is 24.6 Å². The van der Waals surface area contributed by atoms with Crippen LogP contribution < -0.4 is 10.1 Å². The van der Waals surface area contributed by atoms with Crippen LogP contribution in [0.25, 0.3) is 11.5 Å². The van der Waals surface area contributed by atoms with Crippen LogP contribution >= 0.6 is 0 Å². The van der Waals surface area contributed by atoms with E-state index in [0.717, 1.165) is 17.7 Å². The zero-order chi connectivity index (χ0) is 19.9. The molecule has 0 saturated heterocycles. The van der Waals surface area contributed by atoms with Crippen molar-refractivity contribution in [2.24, 2.45) is 0 Å². The van der Waals surface area contributed by atoms with E-state index in [2.05, 4.69) is 20.3 Å². The predicted molar refractivity (Wildman–Crippen MR) is 94.3 cm³/mol. The number of amides is 1. The predicted octanol–water partition coefficient (Wildman–Crippen LogP) is 4.44. The third-order valence-electron chi connectivity index (χ3n) is 3.71. The molecule has 0 bridgehead atoms. The Bertz CT molecular complexity index is 932. The molecule has 146 valence electrons. The van der Waals surface area contributed by atoms with Gasteiger partial charge in [0.25, 0.3) is 0 Å². The van der Waals surface area contributed by atoms with Crippen molar-refractivity contribution in [3.05, 3.63) is 60.2 Å². The largest absolute Gasteiger partial charge is 0.432 e. The van der Waals surface area contributed by atoms with Crippen LogP contribution in [-0.4, -0.2) is 22.7 Å². The lowest BCUT2D eigenvalue weighted by Gasteiger charge is -2.08. The molecule has 0 fully saturated rings. The van der Waals surface area contributed by atoms with E-state index in [1.54, 1.807) is 0 Å². The molecule has 1 N–H and O–H groups in total. The normalized spacial score (nSPS) is 10.9. The number of benzene rings is 2. The van der Waals surface area contributed by atoms with E-state index in [4.69, 9.17) is 4.42 Å². The van der Waals surface area contributed by atoms with Crippen LogP contribution in [0.4, 0.5) is 18.9 Å². The lowest BCUT2D eigenvalue weighted by atomic mass is 10.2. The van der Waals surface area contributed by atoms with Gasteiger partial charge < -0.3 is 14.5 Å². The average Bonchev–Trinajstić information content (AvgIpc) is 3.13. The summed E-state index contributed by atoms with van der Waals surface area (Å²) in [5, 5.41) is 10.4. The first-order valence-electron chi connectivity index (χ1n) is 8.43. The van der Waals surface area contributed by atoms with Gasteiger partial charge >= 0.3 is 6.61 Å². The van der Waals surface area contributed by atoms with Gasteiger partial charge in [0.05, 0.1) is 0 Å². The second-order valence-corrected chi connectivity index (χ2v) is 5.79. The summed E-state index contributed by atoms with van der Waals surface area (Å²) in [4.78, 5) is 12.0. The lowest BCUT2D eigenvalue weighted by Crippen LogP contribution is -2.12. The minimum absolute atomic E-state index is 0.139. The molecule has 2 aromatic carbocycles. The Hall–Kier alpha value is -3.36. The summed E-state index contributed by atoms with van der Waals surface area (Å²) < 4.78 is 47.4. The highest BCUT2D eigenvalue weighted by atomic mass is 19.3. The van der Waals surface area contributed by atoms with Crippen LogP contribution in [0.5, 0.6) is 5.75 Å². The van der Waals surface area contributed by atoms with Gasteiger partial charge in [-0.2, -0.15) is 8.78 Å². The number of hydrogen-bond acceptors (Lipinski definition) is 5. The highest BCUT2D eigenvalue weighted by molar-refractivity contribution is 5.90. The molecule has 0 spiro atoms. The minimum Gasteiger partial charge on any atom is -0.432 e. The fraction of sp³-hybridized carbons (Fsp3) is 0.211. The van der Waals surface area contributed by atoms with Crippen molar-refractivity contribution in [3.63, 3.8) is 0 Å². The number of rotatable bonds is 8. The van der Waals surface area contributed by atoms with Gasteiger partial charge in [-0.1, -0.05) is 18.2 Å². The number of aromatic nitrogens is 2. The first kappa shape index (κ1) is 19.4. The van der Waals surface area contributed by atoms with Crippen LogP contribution in [0, 0.1) is 5.82 Å². The number of alkyl halides is 2. The van der Waals surface area contributed by atoms with Crippen molar-refractivity contribution < 1.29 is 27.1 Å².